The second-order valence-electron chi connectivity index (χ2n) is 3.84. The Balaban J connectivity index is 2.27. The summed E-state index contributed by atoms with van der Waals surface area (Å²) in [5.74, 6) is 1.13. The second-order valence-corrected chi connectivity index (χ2v) is 3.84. The van der Waals surface area contributed by atoms with Crippen LogP contribution in [-0.4, -0.2) is 34.0 Å². The van der Waals surface area contributed by atoms with Gasteiger partial charge in [-0.25, -0.2) is 0 Å². The average molecular weight is 233 g/mol. The van der Waals surface area contributed by atoms with E-state index in [1.165, 1.54) is 0 Å². The quantitative estimate of drug-likeness (QED) is 0.845. The summed E-state index contributed by atoms with van der Waals surface area (Å²) in [5, 5.41) is 19.1. The molecule has 0 fully saturated rings. The van der Waals surface area contributed by atoms with Crippen molar-refractivity contribution in [1.82, 2.24) is 25.7 Å². The van der Waals surface area contributed by atoms with Crippen LogP contribution in [0.4, 0.5) is 0 Å². The zero-order chi connectivity index (χ0) is 12.3. The van der Waals surface area contributed by atoms with E-state index >= 15 is 0 Å². The summed E-state index contributed by atoms with van der Waals surface area (Å²) in [5.41, 5.74) is 2.47. The van der Waals surface area contributed by atoms with Crippen LogP contribution in [0.2, 0.25) is 0 Å². The fourth-order valence-electron chi connectivity index (χ4n) is 1.46. The van der Waals surface area contributed by atoms with Gasteiger partial charge in [-0.2, -0.15) is 10.2 Å². The first-order chi connectivity index (χ1) is 8.20. The van der Waals surface area contributed by atoms with Crippen molar-refractivity contribution in [3.05, 3.63) is 23.3 Å². The molecule has 0 aliphatic heterocycles. The van der Waals surface area contributed by atoms with E-state index in [0.717, 1.165) is 29.9 Å². The molecule has 0 atom stereocenters. The molecule has 0 spiro atoms. The third kappa shape index (κ3) is 2.65. The Kier molecular flexibility index (Phi) is 3.43. The van der Waals surface area contributed by atoms with Crippen molar-refractivity contribution in [3.8, 4) is 11.5 Å². The van der Waals surface area contributed by atoms with Gasteiger partial charge in [0.15, 0.2) is 0 Å². The molecule has 0 aliphatic carbocycles. The van der Waals surface area contributed by atoms with Crippen molar-refractivity contribution < 1.29 is 4.42 Å². The number of nitrogens with zero attached hydrogens (tertiary/aromatic N) is 4. The van der Waals surface area contributed by atoms with Crippen LogP contribution < -0.4 is 5.32 Å². The van der Waals surface area contributed by atoms with Crippen molar-refractivity contribution >= 4 is 0 Å². The van der Waals surface area contributed by atoms with E-state index in [2.05, 4.69) is 25.7 Å². The van der Waals surface area contributed by atoms with Crippen molar-refractivity contribution in [1.29, 1.82) is 0 Å². The van der Waals surface area contributed by atoms with Crippen molar-refractivity contribution in [2.45, 2.75) is 20.3 Å². The highest BCUT2D eigenvalue weighted by Gasteiger charge is 2.12. The van der Waals surface area contributed by atoms with Gasteiger partial charge in [0.25, 0.3) is 0 Å². The van der Waals surface area contributed by atoms with E-state index in [1.54, 1.807) is 0 Å². The minimum absolute atomic E-state index is 0.506. The number of nitrogens with one attached hydrogen (secondary N) is 1. The predicted octanol–water partition coefficient (Wildman–Crippen LogP) is 0.905. The first-order valence-electron chi connectivity index (χ1n) is 5.49. The van der Waals surface area contributed by atoms with Gasteiger partial charge in [0.05, 0.1) is 17.0 Å². The third-order valence-electron chi connectivity index (χ3n) is 2.39. The Labute approximate surface area is 99.5 Å². The minimum atomic E-state index is 0.506. The Morgan fingerprint density at radius 3 is 2.76 bits per heavy atom. The van der Waals surface area contributed by atoms with Gasteiger partial charge in [-0.15, -0.1) is 10.2 Å². The summed E-state index contributed by atoms with van der Waals surface area (Å²) >= 11 is 0. The third-order valence-corrected chi connectivity index (χ3v) is 2.39. The standard InChI is InChI=1S/C11H15N5O/c1-7-6-9(8(2)14-13-7)11-16-15-10(17-11)4-5-12-3/h6,12H,4-5H2,1-3H3. The van der Waals surface area contributed by atoms with E-state index in [4.69, 9.17) is 4.42 Å². The first kappa shape index (κ1) is 11.7. The molecule has 2 rings (SSSR count). The largest absolute Gasteiger partial charge is 0.421 e. The summed E-state index contributed by atoms with van der Waals surface area (Å²) in [4.78, 5) is 0. The number of aryl methyl sites for hydroxylation is 2. The molecule has 0 unspecified atom stereocenters. The summed E-state index contributed by atoms with van der Waals surface area (Å²) in [6, 6.07) is 1.90. The molecule has 6 nitrogen and oxygen atoms in total. The summed E-state index contributed by atoms with van der Waals surface area (Å²) < 4.78 is 5.58. The van der Waals surface area contributed by atoms with Gasteiger partial charge in [0.1, 0.15) is 0 Å². The molecule has 0 aromatic carbocycles. The lowest BCUT2D eigenvalue weighted by atomic mass is 10.2. The molecule has 0 amide bonds. The van der Waals surface area contributed by atoms with E-state index in [1.807, 2.05) is 27.0 Å². The molecule has 2 aromatic heterocycles. The molecule has 0 radical (unpaired) electrons. The van der Waals surface area contributed by atoms with Gasteiger partial charge in [0, 0.05) is 13.0 Å². The Hall–Kier alpha value is -1.82. The highest BCUT2D eigenvalue weighted by atomic mass is 16.4. The monoisotopic (exact) mass is 233 g/mol. The zero-order valence-corrected chi connectivity index (χ0v) is 10.2. The average Bonchev–Trinajstić information content (AvgIpc) is 2.78. The SMILES string of the molecule is CNCCc1nnc(-c2cc(C)nnc2C)o1. The fourth-order valence-corrected chi connectivity index (χ4v) is 1.46. The summed E-state index contributed by atoms with van der Waals surface area (Å²) in [6.07, 6.45) is 0.722. The number of hydrogen-bond acceptors (Lipinski definition) is 6. The second kappa shape index (κ2) is 5.01. The molecule has 6 heteroatoms. The van der Waals surface area contributed by atoms with Crippen molar-refractivity contribution in [2.24, 2.45) is 0 Å². The molecule has 17 heavy (non-hydrogen) atoms. The molecular formula is C11H15N5O. The topological polar surface area (TPSA) is 76.7 Å². The summed E-state index contributed by atoms with van der Waals surface area (Å²) in [6.45, 7) is 4.57. The molecule has 2 heterocycles. The van der Waals surface area contributed by atoms with Gasteiger partial charge >= 0.3 is 0 Å². The molecule has 0 bridgehead atoms. The Morgan fingerprint density at radius 1 is 1.18 bits per heavy atom. The Bertz CT molecular complexity index is 508. The van der Waals surface area contributed by atoms with E-state index in [0.29, 0.717) is 11.8 Å². The van der Waals surface area contributed by atoms with E-state index < -0.39 is 0 Å². The normalized spacial score (nSPS) is 10.8. The summed E-state index contributed by atoms with van der Waals surface area (Å²) in [7, 11) is 1.89. The van der Waals surface area contributed by atoms with Crippen LogP contribution >= 0.6 is 0 Å². The highest BCUT2D eigenvalue weighted by molar-refractivity contribution is 5.55. The van der Waals surface area contributed by atoms with Crippen molar-refractivity contribution in [3.63, 3.8) is 0 Å². The van der Waals surface area contributed by atoms with Crippen LogP contribution in [0.5, 0.6) is 0 Å². The van der Waals surface area contributed by atoms with Crippen LogP contribution in [0.15, 0.2) is 10.5 Å². The smallest absolute Gasteiger partial charge is 0.249 e. The maximum Gasteiger partial charge on any atom is 0.249 e. The molecule has 1 N–H and O–H groups in total. The number of hydrogen-bond donors (Lipinski definition) is 1. The number of aromatic nitrogens is 4. The van der Waals surface area contributed by atoms with Gasteiger partial charge in [0.2, 0.25) is 11.8 Å². The van der Waals surface area contributed by atoms with Gasteiger partial charge in [-0.3, -0.25) is 0 Å². The van der Waals surface area contributed by atoms with Crippen LogP contribution in [0.1, 0.15) is 17.3 Å². The molecule has 2 aromatic rings. The van der Waals surface area contributed by atoms with Gasteiger partial charge in [-0.05, 0) is 27.0 Å². The predicted molar refractivity (Wildman–Crippen MR) is 62.4 cm³/mol. The maximum absolute atomic E-state index is 5.58. The van der Waals surface area contributed by atoms with Crippen molar-refractivity contribution in [2.75, 3.05) is 13.6 Å². The number of rotatable bonds is 4. The van der Waals surface area contributed by atoms with Crippen LogP contribution in [0, 0.1) is 13.8 Å². The molecule has 90 valence electrons. The molecular weight excluding hydrogens is 218 g/mol. The number of likely N-dealkylation sites (N-methyl/N-ethyl adjacent to an activating group) is 1. The lowest BCUT2D eigenvalue weighted by Crippen LogP contribution is -2.10. The highest BCUT2D eigenvalue weighted by Crippen LogP contribution is 2.20. The van der Waals surface area contributed by atoms with E-state index in [-0.39, 0.29) is 0 Å². The minimum Gasteiger partial charge on any atom is -0.421 e. The van der Waals surface area contributed by atoms with Crippen LogP contribution in [0.3, 0.4) is 0 Å². The first-order valence-corrected chi connectivity index (χ1v) is 5.49. The van der Waals surface area contributed by atoms with Crippen LogP contribution in [0.25, 0.3) is 11.5 Å². The lowest BCUT2D eigenvalue weighted by Gasteiger charge is -1.99. The molecule has 0 aliphatic rings. The molecule has 0 saturated carbocycles. The van der Waals surface area contributed by atoms with E-state index in [9.17, 15) is 0 Å². The van der Waals surface area contributed by atoms with Gasteiger partial charge < -0.3 is 9.73 Å². The Morgan fingerprint density at radius 2 is 2.00 bits per heavy atom. The fraction of sp³-hybridized carbons (Fsp3) is 0.455. The lowest BCUT2D eigenvalue weighted by molar-refractivity contribution is 0.499. The van der Waals surface area contributed by atoms with Crippen LogP contribution in [-0.2, 0) is 6.42 Å². The van der Waals surface area contributed by atoms with Gasteiger partial charge in [-0.1, -0.05) is 0 Å². The molecule has 0 saturated heterocycles. The maximum atomic E-state index is 5.58. The zero-order valence-electron chi connectivity index (χ0n) is 10.2.